The summed E-state index contributed by atoms with van der Waals surface area (Å²) in [6, 6.07) is 7.40. The van der Waals surface area contributed by atoms with Crippen LogP contribution in [-0.2, 0) is 4.74 Å². The van der Waals surface area contributed by atoms with Gasteiger partial charge in [0.1, 0.15) is 12.5 Å². The van der Waals surface area contributed by atoms with Crippen LogP contribution in [-0.4, -0.2) is 37.4 Å². The van der Waals surface area contributed by atoms with Crippen molar-refractivity contribution in [2.24, 2.45) is 0 Å². The van der Waals surface area contributed by atoms with Crippen molar-refractivity contribution < 1.29 is 14.3 Å². The molecule has 5 nitrogen and oxygen atoms in total. The van der Waals surface area contributed by atoms with E-state index in [2.05, 4.69) is 17.1 Å². The van der Waals surface area contributed by atoms with Gasteiger partial charge in [-0.1, -0.05) is 25.8 Å². The normalized spacial score (nSPS) is 15.3. The number of amides is 1. The molecule has 0 bridgehead atoms. The van der Waals surface area contributed by atoms with Gasteiger partial charge in [-0.05, 0) is 31.4 Å². The largest absolute Gasteiger partial charge is 0.494 e. The second kappa shape index (κ2) is 9.30. The number of anilines is 1. The minimum atomic E-state index is -0.420. The number of likely N-dealkylation sites (tertiary alicyclic amines) is 1. The van der Waals surface area contributed by atoms with Crippen molar-refractivity contribution in [2.75, 3.05) is 31.7 Å². The van der Waals surface area contributed by atoms with Crippen molar-refractivity contribution in [1.29, 1.82) is 0 Å². The molecule has 1 aliphatic heterocycles. The summed E-state index contributed by atoms with van der Waals surface area (Å²) in [6.07, 6.45) is 5.34. The van der Waals surface area contributed by atoms with Gasteiger partial charge >= 0.3 is 6.09 Å². The van der Waals surface area contributed by atoms with Crippen molar-refractivity contribution >= 4 is 11.8 Å². The van der Waals surface area contributed by atoms with Crippen molar-refractivity contribution in [3.63, 3.8) is 0 Å². The zero-order chi connectivity index (χ0) is 15.6. The van der Waals surface area contributed by atoms with Crippen molar-refractivity contribution in [3.8, 4) is 5.75 Å². The van der Waals surface area contributed by atoms with E-state index in [-0.39, 0.29) is 0 Å². The average molecular weight is 306 g/mol. The highest BCUT2D eigenvalue weighted by atomic mass is 16.6. The lowest BCUT2D eigenvalue weighted by Crippen LogP contribution is -2.33. The third kappa shape index (κ3) is 5.93. The van der Waals surface area contributed by atoms with Crippen LogP contribution in [0.4, 0.5) is 10.5 Å². The summed E-state index contributed by atoms with van der Waals surface area (Å²) in [5, 5.41) is 2.74. The number of hydrogen-bond acceptors (Lipinski definition) is 4. The molecule has 22 heavy (non-hydrogen) atoms. The highest BCUT2D eigenvalue weighted by Gasteiger charge is 2.12. The number of benzene rings is 1. The van der Waals surface area contributed by atoms with E-state index in [1.54, 1.807) is 0 Å². The molecule has 1 aromatic rings. The van der Waals surface area contributed by atoms with Crippen molar-refractivity contribution in [1.82, 2.24) is 4.90 Å². The average Bonchev–Trinajstić information content (AvgIpc) is 2.55. The molecular weight excluding hydrogens is 280 g/mol. The highest BCUT2D eigenvalue weighted by molar-refractivity contribution is 5.84. The summed E-state index contributed by atoms with van der Waals surface area (Å²) in [5.41, 5.74) is 0.692. The number of carbonyl (C=O) groups excluding carboxylic acids is 1. The van der Waals surface area contributed by atoms with Crippen LogP contribution in [0.2, 0.25) is 0 Å². The number of piperidine rings is 1. The number of carbonyl (C=O) groups is 1. The van der Waals surface area contributed by atoms with Gasteiger partial charge in [-0.15, -0.1) is 0 Å². The molecule has 1 aromatic carbocycles. The van der Waals surface area contributed by atoms with Gasteiger partial charge in [0.05, 0.1) is 6.61 Å². The lowest BCUT2D eigenvalue weighted by Gasteiger charge is -2.25. The van der Waals surface area contributed by atoms with E-state index in [0.717, 1.165) is 31.7 Å². The van der Waals surface area contributed by atoms with E-state index < -0.39 is 6.09 Å². The number of hydrogen-bond donors (Lipinski definition) is 1. The van der Waals surface area contributed by atoms with Crippen molar-refractivity contribution in [3.05, 3.63) is 24.3 Å². The Bertz CT molecular complexity index is 459. The molecule has 0 spiro atoms. The summed E-state index contributed by atoms with van der Waals surface area (Å²) < 4.78 is 10.9. The van der Waals surface area contributed by atoms with E-state index in [9.17, 15) is 4.79 Å². The summed E-state index contributed by atoms with van der Waals surface area (Å²) in [5.74, 6) is 0.766. The number of ether oxygens (including phenoxy) is 2. The molecule has 5 heteroatoms. The van der Waals surface area contributed by atoms with Crippen LogP contribution in [0.1, 0.15) is 39.0 Å². The third-order valence-corrected chi connectivity index (χ3v) is 3.67. The molecule has 1 heterocycles. The zero-order valence-electron chi connectivity index (χ0n) is 13.3. The summed E-state index contributed by atoms with van der Waals surface area (Å²) in [4.78, 5) is 14.0. The van der Waals surface area contributed by atoms with E-state index in [0.29, 0.717) is 19.0 Å². The summed E-state index contributed by atoms with van der Waals surface area (Å²) in [6.45, 7) is 5.19. The molecular formula is C17H26N2O3. The topological polar surface area (TPSA) is 50.8 Å². The lowest BCUT2D eigenvalue weighted by atomic mass is 10.1. The van der Waals surface area contributed by atoms with Crippen LogP contribution >= 0.6 is 0 Å². The van der Waals surface area contributed by atoms with E-state index in [1.807, 2.05) is 24.3 Å². The second-order valence-corrected chi connectivity index (χ2v) is 5.59. The molecule has 1 aliphatic rings. The first kappa shape index (κ1) is 16.6. The monoisotopic (exact) mass is 306 g/mol. The van der Waals surface area contributed by atoms with E-state index in [4.69, 9.17) is 9.47 Å². The van der Waals surface area contributed by atoms with E-state index in [1.165, 1.54) is 19.3 Å². The molecule has 1 saturated heterocycles. The molecule has 0 saturated carbocycles. The van der Waals surface area contributed by atoms with E-state index >= 15 is 0 Å². The maximum atomic E-state index is 11.8. The predicted molar refractivity (Wildman–Crippen MR) is 87.2 cm³/mol. The minimum absolute atomic E-state index is 0.360. The van der Waals surface area contributed by atoms with Crippen LogP contribution in [0.3, 0.4) is 0 Å². The highest BCUT2D eigenvalue weighted by Crippen LogP contribution is 2.18. The molecule has 2 rings (SSSR count). The zero-order valence-corrected chi connectivity index (χ0v) is 13.3. The maximum absolute atomic E-state index is 11.8. The van der Waals surface area contributed by atoms with Gasteiger partial charge < -0.3 is 9.47 Å². The molecule has 0 radical (unpaired) electrons. The molecule has 0 atom stereocenters. The van der Waals surface area contributed by atoms with Gasteiger partial charge in [0.2, 0.25) is 0 Å². The molecule has 0 aliphatic carbocycles. The summed E-state index contributed by atoms with van der Waals surface area (Å²) >= 11 is 0. The van der Waals surface area contributed by atoms with Gasteiger partial charge in [-0.25, -0.2) is 4.79 Å². The smallest absolute Gasteiger partial charge is 0.412 e. The SMILES string of the molecule is CCCCOc1cccc(NC(=O)OCN2CCCCC2)c1. The Morgan fingerprint density at radius 1 is 1.27 bits per heavy atom. The molecule has 1 N–H and O–H groups in total. The van der Waals surface area contributed by atoms with Gasteiger partial charge in [0.25, 0.3) is 0 Å². The van der Waals surface area contributed by atoms with Crippen LogP contribution in [0.15, 0.2) is 24.3 Å². The predicted octanol–water partition coefficient (Wildman–Crippen LogP) is 3.86. The Hall–Kier alpha value is -1.75. The molecule has 0 aromatic heterocycles. The second-order valence-electron chi connectivity index (χ2n) is 5.59. The quantitative estimate of drug-likeness (QED) is 0.777. The number of unbranched alkanes of at least 4 members (excludes halogenated alkanes) is 1. The van der Waals surface area contributed by atoms with Gasteiger partial charge in [0.15, 0.2) is 0 Å². The fourth-order valence-electron chi connectivity index (χ4n) is 2.39. The molecule has 122 valence electrons. The van der Waals surface area contributed by atoms with Crippen LogP contribution < -0.4 is 10.1 Å². The molecule has 1 amide bonds. The fourth-order valence-corrected chi connectivity index (χ4v) is 2.39. The first-order valence-electron chi connectivity index (χ1n) is 8.17. The Kier molecular flexibility index (Phi) is 7.03. The third-order valence-electron chi connectivity index (χ3n) is 3.67. The first-order valence-corrected chi connectivity index (χ1v) is 8.17. The first-order chi connectivity index (χ1) is 10.8. The fraction of sp³-hybridized carbons (Fsp3) is 0.588. The van der Waals surface area contributed by atoms with Gasteiger partial charge in [-0.2, -0.15) is 0 Å². The number of nitrogens with one attached hydrogen (secondary N) is 1. The number of nitrogens with zero attached hydrogens (tertiary/aromatic N) is 1. The standard InChI is InChI=1S/C17H26N2O3/c1-2-3-12-21-16-9-7-8-15(13-16)18-17(20)22-14-19-10-5-4-6-11-19/h7-9,13H,2-6,10-12,14H2,1H3,(H,18,20). The Morgan fingerprint density at radius 2 is 2.09 bits per heavy atom. The lowest BCUT2D eigenvalue weighted by molar-refractivity contribution is 0.0659. The van der Waals surface area contributed by atoms with Crippen LogP contribution in [0.25, 0.3) is 0 Å². The van der Waals surface area contributed by atoms with Gasteiger partial charge in [-0.3, -0.25) is 10.2 Å². The van der Waals surface area contributed by atoms with Crippen molar-refractivity contribution in [2.45, 2.75) is 39.0 Å². The molecule has 0 unspecified atom stereocenters. The Balaban J connectivity index is 1.74. The van der Waals surface area contributed by atoms with Crippen LogP contribution in [0, 0.1) is 0 Å². The number of rotatable bonds is 7. The Morgan fingerprint density at radius 3 is 2.86 bits per heavy atom. The Labute approximate surface area is 132 Å². The maximum Gasteiger partial charge on any atom is 0.412 e. The van der Waals surface area contributed by atoms with Gasteiger partial charge in [0, 0.05) is 24.8 Å². The van der Waals surface area contributed by atoms with Crippen LogP contribution in [0.5, 0.6) is 5.75 Å². The minimum Gasteiger partial charge on any atom is -0.494 e. The molecule has 1 fully saturated rings. The summed E-state index contributed by atoms with van der Waals surface area (Å²) in [7, 11) is 0.